The van der Waals surface area contributed by atoms with E-state index in [-0.39, 0.29) is 80.6 Å². The van der Waals surface area contributed by atoms with Gasteiger partial charge in [-0.05, 0) is 57.4 Å². The summed E-state index contributed by atoms with van der Waals surface area (Å²) in [4.78, 5) is 93.9. The van der Waals surface area contributed by atoms with Crippen LogP contribution in [0.1, 0.15) is 84.5 Å². The van der Waals surface area contributed by atoms with Crippen LogP contribution in [-0.4, -0.2) is 102 Å². The van der Waals surface area contributed by atoms with Crippen LogP contribution < -0.4 is 31.0 Å². The van der Waals surface area contributed by atoms with E-state index in [1.807, 2.05) is 27.7 Å². The SMILES string of the molecule is COc1cc(-c2cn(C)c(=O)c(C)n2)cc(OC)c1COCC(=O)NCC(C)(C)COCC(C)(C)NC(=O)CCc1cccc2c1C(=O)N(C1CCC(=O)NC1=O)C2=O. The van der Waals surface area contributed by atoms with Gasteiger partial charge in [-0.2, -0.15) is 0 Å². The van der Waals surface area contributed by atoms with Gasteiger partial charge in [-0.1, -0.05) is 26.0 Å². The molecule has 59 heavy (non-hydrogen) atoms. The lowest BCUT2D eigenvalue weighted by Gasteiger charge is -2.30. The number of piperidine rings is 1. The molecule has 316 valence electrons. The summed E-state index contributed by atoms with van der Waals surface area (Å²) < 4.78 is 24.4. The Morgan fingerprint density at radius 1 is 0.949 bits per heavy atom. The molecule has 0 radical (unpaired) electrons. The lowest BCUT2D eigenvalue weighted by Crippen LogP contribution is -2.54. The fourth-order valence-electron chi connectivity index (χ4n) is 6.95. The van der Waals surface area contributed by atoms with Crippen LogP contribution in [0.2, 0.25) is 0 Å². The van der Waals surface area contributed by atoms with Crippen LogP contribution in [0.4, 0.5) is 0 Å². The van der Waals surface area contributed by atoms with Crippen LogP contribution in [0.25, 0.3) is 11.3 Å². The smallest absolute Gasteiger partial charge is 0.271 e. The maximum atomic E-state index is 13.4. The number of aromatic nitrogens is 2. The largest absolute Gasteiger partial charge is 0.496 e. The number of aryl methyl sites for hydroxylation is 3. The van der Waals surface area contributed by atoms with Crippen molar-refractivity contribution in [2.24, 2.45) is 12.5 Å². The monoisotopic (exact) mass is 816 g/mol. The molecule has 2 aliphatic rings. The first-order chi connectivity index (χ1) is 27.8. The minimum atomic E-state index is -1.08. The van der Waals surface area contributed by atoms with E-state index in [0.717, 1.165) is 4.90 Å². The molecule has 6 amide bonds. The minimum Gasteiger partial charge on any atom is -0.496 e. The van der Waals surface area contributed by atoms with Crippen LogP contribution in [-0.2, 0) is 48.7 Å². The summed E-state index contributed by atoms with van der Waals surface area (Å²) in [6.45, 7) is 9.69. The van der Waals surface area contributed by atoms with Crippen molar-refractivity contribution in [2.45, 2.75) is 78.5 Å². The minimum absolute atomic E-state index is 0.0203. The fraction of sp³-hybridized carbons (Fsp3) is 0.476. The Bertz CT molecular complexity index is 2160. The van der Waals surface area contributed by atoms with E-state index in [2.05, 4.69) is 20.9 Å². The number of amides is 6. The molecule has 2 aromatic carbocycles. The number of carbonyl (C=O) groups excluding carboxylic acids is 6. The zero-order valence-electron chi connectivity index (χ0n) is 34.7. The molecule has 1 fully saturated rings. The van der Waals surface area contributed by atoms with Crippen molar-refractivity contribution >= 4 is 35.4 Å². The van der Waals surface area contributed by atoms with Gasteiger partial charge in [0.25, 0.3) is 17.4 Å². The van der Waals surface area contributed by atoms with Crippen molar-refractivity contribution in [3.05, 3.63) is 74.8 Å². The second-order valence-electron chi connectivity index (χ2n) is 16.1. The molecule has 0 aliphatic carbocycles. The molecule has 0 spiro atoms. The molecule has 3 heterocycles. The molecule has 17 heteroatoms. The molecule has 17 nitrogen and oxygen atoms in total. The van der Waals surface area contributed by atoms with E-state index < -0.39 is 40.6 Å². The molecular formula is C42H52N6O11. The lowest BCUT2D eigenvalue weighted by atomic mass is 9.94. The number of imide groups is 2. The summed E-state index contributed by atoms with van der Waals surface area (Å²) in [6.07, 6.45) is 1.91. The number of carbonyl (C=O) groups is 6. The number of methoxy groups -OCH3 is 2. The summed E-state index contributed by atoms with van der Waals surface area (Å²) in [5.74, 6) is -2.04. The molecule has 0 bridgehead atoms. The third-order valence-electron chi connectivity index (χ3n) is 9.99. The molecule has 0 saturated carbocycles. The van der Waals surface area contributed by atoms with Gasteiger partial charge in [-0.3, -0.25) is 43.8 Å². The van der Waals surface area contributed by atoms with Gasteiger partial charge >= 0.3 is 0 Å². The highest BCUT2D eigenvalue weighted by Crippen LogP contribution is 2.35. The molecule has 1 unspecified atom stereocenters. The second kappa shape index (κ2) is 18.3. The normalized spacial score (nSPS) is 15.5. The lowest BCUT2D eigenvalue weighted by molar-refractivity contribution is -0.136. The van der Waals surface area contributed by atoms with Gasteiger partial charge < -0.3 is 34.1 Å². The average molecular weight is 817 g/mol. The fourth-order valence-corrected chi connectivity index (χ4v) is 6.95. The summed E-state index contributed by atoms with van der Waals surface area (Å²) in [5.41, 5.74) is 1.63. The van der Waals surface area contributed by atoms with Crippen LogP contribution in [0, 0.1) is 12.3 Å². The number of benzene rings is 2. The quantitative estimate of drug-likeness (QED) is 0.158. The first kappa shape index (κ1) is 44.2. The van der Waals surface area contributed by atoms with Crippen molar-refractivity contribution in [1.29, 1.82) is 0 Å². The predicted molar refractivity (Wildman–Crippen MR) is 214 cm³/mol. The summed E-state index contributed by atoms with van der Waals surface area (Å²) in [5, 5.41) is 8.03. The van der Waals surface area contributed by atoms with Crippen molar-refractivity contribution in [2.75, 3.05) is 40.6 Å². The van der Waals surface area contributed by atoms with Crippen molar-refractivity contribution in [1.82, 2.24) is 30.4 Å². The Labute approximate surface area is 342 Å². The predicted octanol–water partition coefficient (Wildman–Crippen LogP) is 2.38. The molecular weight excluding hydrogens is 764 g/mol. The summed E-state index contributed by atoms with van der Waals surface area (Å²) in [7, 11) is 4.68. The van der Waals surface area contributed by atoms with Gasteiger partial charge in [0.05, 0.1) is 62.0 Å². The first-order valence-electron chi connectivity index (χ1n) is 19.2. The van der Waals surface area contributed by atoms with Crippen molar-refractivity contribution in [3.8, 4) is 22.8 Å². The molecule has 1 saturated heterocycles. The summed E-state index contributed by atoms with van der Waals surface area (Å²) in [6, 6.07) is 7.29. The number of nitrogens with zero attached hydrogens (tertiary/aromatic N) is 3. The van der Waals surface area contributed by atoms with E-state index in [1.165, 1.54) is 24.9 Å². The molecule has 3 N–H and O–H groups in total. The zero-order chi connectivity index (χ0) is 43.2. The van der Waals surface area contributed by atoms with Crippen LogP contribution in [0.15, 0.2) is 41.3 Å². The molecule has 1 aromatic heterocycles. The average Bonchev–Trinajstić information content (AvgIpc) is 3.43. The number of hydrogen-bond acceptors (Lipinski definition) is 12. The van der Waals surface area contributed by atoms with Gasteiger partial charge in [0, 0.05) is 43.6 Å². The maximum absolute atomic E-state index is 13.4. The van der Waals surface area contributed by atoms with E-state index in [9.17, 15) is 33.6 Å². The number of rotatable bonds is 18. The highest BCUT2D eigenvalue weighted by molar-refractivity contribution is 6.24. The van der Waals surface area contributed by atoms with E-state index >= 15 is 0 Å². The van der Waals surface area contributed by atoms with Crippen LogP contribution in [0.5, 0.6) is 11.5 Å². The summed E-state index contributed by atoms with van der Waals surface area (Å²) >= 11 is 0. The topological polar surface area (TPSA) is 214 Å². The number of fused-ring (bicyclic) bond motifs is 1. The Balaban J connectivity index is 1.05. The second-order valence-corrected chi connectivity index (χ2v) is 16.1. The van der Waals surface area contributed by atoms with E-state index in [0.29, 0.717) is 46.1 Å². The van der Waals surface area contributed by atoms with Crippen molar-refractivity contribution < 1.29 is 47.7 Å². The highest BCUT2D eigenvalue weighted by atomic mass is 16.5. The first-order valence-corrected chi connectivity index (χ1v) is 19.2. The number of ether oxygens (including phenoxy) is 4. The molecule has 3 aromatic rings. The number of nitrogens with one attached hydrogen (secondary N) is 3. The Morgan fingerprint density at radius 2 is 1.64 bits per heavy atom. The van der Waals surface area contributed by atoms with Gasteiger partial charge in [0.1, 0.15) is 29.8 Å². The standard InChI is InChI=1S/C42H52N6O11/c1-24-38(53)47(6)18-29(44-24)26-16-31(56-7)28(32(17-26)57-8)19-58-20-35(51)43-21-41(2,3)22-59-23-42(4,5)46-34(50)14-12-25-10-9-11-27-36(25)40(55)48(39(27)54)30-13-15-33(49)45-37(30)52/h9-11,16-18,30H,12-15,19-23H2,1-8H3,(H,43,51)(H,46,50)(H,45,49,52). The highest BCUT2D eigenvalue weighted by Gasteiger charge is 2.45. The third kappa shape index (κ3) is 10.6. The molecule has 2 aliphatic heterocycles. The Morgan fingerprint density at radius 3 is 2.29 bits per heavy atom. The van der Waals surface area contributed by atoms with Gasteiger partial charge in [0.2, 0.25) is 23.6 Å². The number of hydrogen-bond donors (Lipinski definition) is 3. The van der Waals surface area contributed by atoms with Crippen LogP contribution in [0.3, 0.4) is 0 Å². The van der Waals surface area contributed by atoms with E-state index in [4.69, 9.17) is 18.9 Å². The zero-order valence-corrected chi connectivity index (χ0v) is 34.7. The molecule has 1 atom stereocenters. The van der Waals surface area contributed by atoms with E-state index in [1.54, 1.807) is 44.4 Å². The van der Waals surface area contributed by atoms with Crippen molar-refractivity contribution in [3.63, 3.8) is 0 Å². The Hall–Kier alpha value is -5.94. The molecule has 5 rings (SSSR count). The van der Waals surface area contributed by atoms with Gasteiger partial charge in [-0.15, -0.1) is 0 Å². The van der Waals surface area contributed by atoms with Gasteiger partial charge in [0.15, 0.2) is 0 Å². The van der Waals surface area contributed by atoms with Gasteiger partial charge in [-0.25, -0.2) is 4.98 Å². The maximum Gasteiger partial charge on any atom is 0.271 e. The Kier molecular flexibility index (Phi) is 13.7. The van der Waals surface area contributed by atoms with Crippen LogP contribution >= 0.6 is 0 Å². The third-order valence-corrected chi connectivity index (χ3v) is 9.99.